The fraction of sp³-hybridized carbons (Fsp3) is 0.211. The van der Waals surface area contributed by atoms with Gasteiger partial charge in [-0.25, -0.2) is 0 Å². The number of halogens is 2. The quantitative estimate of drug-likeness (QED) is 0.344. The molecule has 7 heteroatoms. The third-order valence-corrected chi connectivity index (χ3v) is 3.84. The van der Waals surface area contributed by atoms with E-state index in [0.717, 1.165) is 0 Å². The largest absolute Gasteiger partial charge is 0.467 e. The maximum atomic E-state index is 12.8. The van der Waals surface area contributed by atoms with Crippen molar-refractivity contribution in [2.45, 2.75) is 0 Å². The van der Waals surface area contributed by atoms with Gasteiger partial charge in [-0.1, -0.05) is 35.3 Å². The zero-order chi connectivity index (χ0) is 18.9. The molecule has 2 aromatic rings. The molecule has 0 N–H and O–H groups in total. The lowest BCUT2D eigenvalue weighted by molar-refractivity contribution is 0.0447. The molecule has 2 aromatic carbocycles. The minimum Gasteiger partial charge on any atom is -0.467 e. The predicted molar refractivity (Wildman–Crippen MR) is 101 cm³/mol. The van der Waals surface area contributed by atoms with E-state index in [4.69, 9.17) is 42.1 Å². The molecule has 0 atom stereocenters. The van der Waals surface area contributed by atoms with Crippen LogP contribution < -0.4 is 9.47 Å². The summed E-state index contributed by atoms with van der Waals surface area (Å²) < 4.78 is 20.8. The van der Waals surface area contributed by atoms with Gasteiger partial charge in [0.2, 0.25) is 0 Å². The standard InChI is InChI=1S/C19H18Cl2O5/c1-23-11-25-17-4-3-5-18(26-12-24-2)19(17)16(22)9-7-13-6-8-14(20)10-15(13)21/h3-10H,11-12H2,1-2H3/b9-7+. The van der Waals surface area contributed by atoms with E-state index in [-0.39, 0.29) is 24.9 Å². The molecule has 0 spiro atoms. The highest BCUT2D eigenvalue weighted by Crippen LogP contribution is 2.30. The first-order chi connectivity index (χ1) is 12.6. The molecule has 0 saturated heterocycles. The second-order valence-corrected chi connectivity index (χ2v) is 5.94. The molecule has 0 amide bonds. The first-order valence-electron chi connectivity index (χ1n) is 7.60. The van der Waals surface area contributed by atoms with Gasteiger partial charge in [-0.15, -0.1) is 0 Å². The average Bonchev–Trinajstić information content (AvgIpc) is 2.63. The van der Waals surface area contributed by atoms with Crippen molar-refractivity contribution in [3.63, 3.8) is 0 Å². The lowest BCUT2D eigenvalue weighted by Gasteiger charge is -2.13. The first kappa shape index (κ1) is 20.3. The van der Waals surface area contributed by atoms with Gasteiger partial charge in [0.1, 0.15) is 17.1 Å². The van der Waals surface area contributed by atoms with Gasteiger partial charge >= 0.3 is 0 Å². The molecule has 0 aromatic heterocycles. The Morgan fingerprint density at radius 1 is 1.00 bits per heavy atom. The van der Waals surface area contributed by atoms with E-state index in [0.29, 0.717) is 27.1 Å². The smallest absolute Gasteiger partial charge is 0.193 e. The summed E-state index contributed by atoms with van der Waals surface area (Å²) in [5.74, 6) is 0.378. The minimum atomic E-state index is -0.311. The van der Waals surface area contributed by atoms with Gasteiger partial charge in [-0.3, -0.25) is 4.79 Å². The van der Waals surface area contributed by atoms with Crippen molar-refractivity contribution >= 4 is 35.1 Å². The Morgan fingerprint density at radius 2 is 1.62 bits per heavy atom. The number of rotatable bonds is 9. The van der Waals surface area contributed by atoms with Crippen LogP contribution in [0.15, 0.2) is 42.5 Å². The summed E-state index contributed by atoms with van der Waals surface area (Å²) in [6.45, 7) is 0.00146. The number of ketones is 1. The zero-order valence-electron chi connectivity index (χ0n) is 14.3. The number of allylic oxidation sites excluding steroid dienone is 1. The molecule has 138 valence electrons. The molecule has 0 saturated carbocycles. The van der Waals surface area contributed by atoms with Crippen LogP contribution in [0.3, 0.4) is 0 Å². The molecule has 0 fully saturated rings. The van der Waals surface area contributed by atoms with Gasteiger partial charge in [0.15, 0.2) is 19.4 Å². The van der Waals surface area contributed by atoms with Crippen molar-refractivity contribution in [3.8, 4) is 11.5 Å². The van der Waals surface area contributed by atoms with Crippen molar-refractivity contribution < 1.29 is 23.7 Å². The highest BCUT2D eigenvalue weighted by molar-refractivity contribution is 6.35. The maximum Gasteiger partial charge on any atom is 0.193 e. The van der Waals surface area contributed by atoms with Crippen molar-refractivity contribution in [2.75, 3.05) is 27.8 Å². The number of carbonyl (C=O) groups excluding carboxylic acids is 1. The molecule has 0 heterocycles. The van der Waals surface area contributed by atoms with Crippen molar-refractivity contribution in [3.05, 3.63) is 63.6 Å². The lowest BCUT2D eigenvalue weighted by Crippen LogP contribution is -2.09. The third kappa shape index (κ3) is 5.47. The van der Waals surface area contributed by atoms with E-state index in [2.05, 4.69) is 0 Å². The molecule has 0 unspecified atom stereocenters. The summed E-state index contributed by atoms with van der Waals surface area (Å²) in [5, 5.41) is 0.966. The van der Waals surface area contributed by atoms with Gasteiger partial charge in [-0.2, -0.15) is 0 Å². The molecular formula is C19H18Cl2O5. The maximum absolute atomic E-state index is 12.8. The Balaban J connectivity index is 2.33. The van der Waals surface area contributed by atoms with Crippen LogP contribution in [0, 0.1) is 0 Å². The molecule has 26 heavy (non-hydrogen) atoms. The summed E-state index contributed by atoms with van der Waals surface area (Å²) in [7, 11) is 2.99. The monoisotopic (exact) mass is 396 g/mol. The third-order valence-electron chi connectivity index (χ3n) is 3.28. The van der Waals surface area contributed by atoms with Crippen LogP contribution in [0.1, 0.15) is 15.9 Å². The van der Waals surface area contributed by atoms with E-state index < -0.39 is 0 Å². The van der Waals surface area contributed by atoms with Crippen molar-refractivity contribution in [2.24, 2.45) is 0 Å². The van der Waals surface area contributed by atoms with Gasteiger partial charge in [-0.05, 0) is 42.0 Å². The van der Waals surface area contributed by atoms with Crippen LogP contribution >= 0.6 is 23.2 Å². The molecule has 2 rings (SSSR count). The van der Waals surface area contributed by atoms with Gasteiger partial charge < -0.3 is 18.9 Å². The zero-order valence-corrected chi connectivity index (χ0v) is 15.8. The van der Waals surface area contributed by atoms with Crippen LogP contribution in [0.2, 0.25) is 10.0 Å². The normalized spacial score (nSPS) is 10.9. The number of methoxy groups -OCH3 is 2. The van der Waals surface area contributed by atoms with E-state index in [9.17, 15) is 4.79 Å². The van der Waals surface area contributed by atoms with Gasteiger partial charge in [0.25, 0.3) is 0 Å². The van der Waals surface area contributed by atoms with Crippen LogP contribution in [-0.4, -0.2) is 33.6 Å². The number of carbonyl (C=O) groups is 1. The first-order valence-corrected chi connectivity index (χ1v) is 8.36. The van der Waals surface area contributed by atoms with E-state index in [1.807, 2.05) is 0 Å². The SMILES string of the molecule is COCOc1cccc(OCOC)c1C(=O)/C=C/c1ccc(Cl)cc1Cl. The fourth-order valence-electron chi connectivity index (χ4n) is 2.12. The Bertz CT molecular complexity index is 763. The van der Waals surface area contributed by atoms with Crippen LogP contribution in [0.5, 0.6) is 11.5 Å². The summed E-state index contributed by atoms with van der Waals surface area (Å²) in [4.78, 5) is 12.8. The van der Waals surface area contributed by atoms with E-state index in [1.54, 1.807) is 42.5 Å². The molecule has 0 aliphatic rings. The van der Waals surface area contributed by atoms with Gasteiger partial charge in [0.05, 0.1) is 0 Å². The predicted octanol–water partition coefficient (Wildman–Crippen LogP) is 4.85. The van der Waals surface area contributed by atoms with E-state index in [1.165, 1.54) is 20.3 Å². The van der Waals surface area contributed by atoms with Gasteiger partial charge in [0, 0.05) is 24.3 Å². The summed E-state index contributed by atoms with van der Waals surface area (Å²) in [5.41, 5.74) is 0.932. The van der Waals surface area contributed by atoms with Crippen LogP contribution in [0.25, 0.3) is 6.08 Å². The summed E-state index contributed by atoms with van der Waals surface area (Å²) in [6.07, 6.45) is 3.00. The van der Waals surface area contributed by atoms with Crippen molar-refractivity contribution in [1.82, 2.24) is 0 Å². The van der Waals surface area contributed by atoms with Crippen LogP contribution in [-0.2, 0) is 9.47 Å². The second-order valence-electron chi connectivity index (χ2n) is 5.09. The molecular weight excluding hydrogens is 379 g/mol. The fourth-order valence-corrected chi connectivity index (χ4v) is 2.60. The molecule has 0 aliphatic carbocycles. The highest BCUT2D eigenvalue weighted by atomic mass is 35.5. The molecule has 0 radical (unpaired) electrons. The highest BCUT2D eigenvalue weighted by Gasteiger charge is 2.17. The lowest BCUT2D eigenvalue weighted by atomic mass is 10.1. The van der Waals surface area contributed by atoms with Crippen molar-refractivity contribution in [1.29, 1.82) is 0 Å². The minimum absolute atomic E-state index is 0.000732. The molecule has 0 bridgehead atoms. The number of benzene rings is 2. The Labute approximate surface area is 162 Å². The van der Waals surface area contributed by atoms with Crippen LogP contribution in [0.4, 0.5) is 0 Å². The Kier molecular flexibility index (Phi) is 7.94. The number of hydrogen-bond acceptors (Lipinski definition) is 5. The topological polar surface area (TPSA) is 54.0 Å². The Morgan fingerprint density at radius 3 is 2.15 bits per heavy atom. The molecule has 0 aliphatic heterocycles. The Hall–Kier alpha value is -2.05. The van der Waals surface area contributed by atoms with E-state index >= 15 is 0 Å². The average molecular weight is 397 g/mol. The number of ether oxygens (including phenoxy) is 4. The molecule has 5 nitrogen and oxygen atoms in total. The number of hydrogen-bond donors (Lipinski definition) is 0. The second kappa shape index (κ2) is 10.2. The summed E-state index contributed by atoms with van der Waals surface area (Å²) in [6, 6.07) is 10.1. The summed E-state index contributed by atoms with van der Waals surface area (Å²) >= 11 is 12.0.